The lowest BCUT2D eigenvalue weighted by atomic mass is 10.1. The van der Waals surface area contributed by atoms with Gasteiger partial charge in [-0.1, -0.05) is 42.5 Å². The molecule has 1 N–H and O–H groups in total. The lowest BCUT2D eigenvalue weighted by molar-refractivity contribution is -0.150. The van der Waals surface area contributed by atoms with Crippen molar-refractivity contribution < 1.29 is 19.0 Å². The van der Waals surface area contributed by atoms with Crippen LogP contribution >= 0.6 is 0 Å². The predicted molar refractivity (Wildman–Crippen MR) is 124 cm³/mol. The van der Waals surface area contributed by atoms with Gasteiger partial charge in [-0.2, -0.15) is 0 Å². The fourth-order valence-corrected chi connectivity index (χ4v) is 4.15. The standard InChI is InChI=1S/C26H26N2O4/c1-18-7-2-5-11-23(18)32-16-19-15-28(25(29)17-31-19)13-14-30-24-12-6-10-22-26(24)20-8-3-4-9-21(20)27-22/h2-12,19,27H,13-17H2,1H3. The third kappa shape index (κ3) is 4.14. The number of fused-ring (bicyclic) bond motifs is 3. The number of amides is 1. The Morgan fingerprint density at radius 2 is 1.75 bits per heavy atom. The van der Waals surface area contributed by atoms with Crippen molar-refractivity contribution >= 4 is 27.7 Å². The molecule has 1 fully saturated rings. The Kier molecular flexibility index (Phi) is 5.69. The van der Waals surface area contributed by atoms with Crippen LogP contribution in [-0.2, 0) is 9.53 Å². The molecule has 4 aromatic rings. The molecule has 1 aromatic heterocycles. The monoisotopic (exact) mass is 430 g/mol. The van der Waals surface area contributed by atoms with E-state index < -0.39 is 0 Å². The predicted octanol–water partition coefficient (Wildman–Crippen LogP) is 4.31. The molecule has 5 rings (SSSR count). The molecule has 1 atom stereocenters. The van der Waals surface area contributed by atoms with Gasteiger partial charge in [0.15, 0.2) is 0 Å². The van der Waals surface area contributed by atoms with Gasteiger partial charge in [0, 0.05) is 16.3 Å². The molecule has 0 radical (unpaired) electrons. The van der Waals surface area contributed by atoms with Crippen LogP contribution in [0.4, 0.5) is 0 Å². The number of aryl methyl sites for hydroxylation is 1. The first-order valence-electron chi connectivity index (χ1n) is 10.9. The summed E-state index contributed by atoms with van der Waals surface area (Å²) in [6, 6.07) is 22.1. The molecule has 6 nitrogen and oxygen atoms in total. The summed E-state index contributed by atoms with van der Waals surface area (Å²) in [4.78, 5) is 17.6. The van der Waals surface area contributed by atoms with Crippen molar-refractivity contribution in [1.82, 2.24) is 9.88 Å². The number of hydrogen-bond donors (Lipinski definition) is 1. The molecule has 1 aliphatic rings. The molecular weight excluding hydrogens is 404 g/mol. The average Bonchev–Trinajstić information content (AvgIpc) is 3.20. The smallest absolute Gasteiger partial charge is 0.248 e. The molecule has 1 amide bonds. The maximum absolute atomic E-state index is 12.4. The fraction of sp³-hybridized carbons (Fsp3) is 0.269. The Hall–Kier alpha value is -3.51. The van der Waals surface area contributed by atoms with Gasteiger partial charge in [0.25, 0.3) is 0 Å². The molecule has 1 unspecified atom stereocenters. The minimum absolute atomic E-state index is 0.0222. The van der Waals surface area contributed by atoms with Gasteiger partial charge >= 0.3 is 0 Å². The molecule has 0 saturated carbocycles. The summed E-state index contributed by atoms with van der Waals surface area (Å²) >= 11 is 0. The van der Waals surface area contributed by atoms with Crippen LogP contribution in [0.15, 0.2) is 66.7 Å². The molecule has 0 spiro atoms. The van der Waals surface area contributed by atoms with E-state index in [0.29, 0.717) is 26.3 Å². The van der Waals surface area contributed by atoms with E-state index in [9.17, 15) is 4.79 Å². The number of rotatable bonds is 7. The van der Waals surface area contributed by atoms with Crippen LogP contribution in [-0.4, -0.2) is 54.8 Å². The summed E-state index contributed by atoms with van der Waals surface area (Å²) in [5.41, 5.74) is 3.20. The largest absolute Gasteiger partial charge is 0.491 e. The molecule has 2 heterocycles. The Labute approximate surface area is 186 Å². The van der Waals surface area contributed by atoms with Crippen molar-refractivity contribution in [3.8, 4) is 11.5 Å². The van der Waals surface area contributed by atoms with Gasteiger partial charge in [-0.25, -0.2) is 0 Å². The van der Waals surface area contributed by atoms with Crippen LogP contribution in [0.3, 0.4) is 0 Å². The highest BCUT2D eigenvalue weighted by molar-refractivity contribution is 6.10. The summed E-state index contributed by atoms with van der Waals surface area (Å²) in [5, 5.41) is 2.20. The highest BCUT2D eigenvalue weighted by Crippen LogP contribution is 2.32. The van der Waals surface area contributed by atoms with E-state index in [1.807, 2.05) is 61.5 Å². The summed E-state index contributed by atoms with van der Waals surface area (Å²) in [6.07, 6.45) is -0.163. The molecule has 1 saturated heterocycles. The second-order valence-corrected chi connectivity index (χ2v) is 8.05. The molecule has 32 heavy (non-hydrogen) atoms. The Bertz CT molecular complexity index is 1250. The molecule has 0 bridgehead atoms. The molecule has 6 heteroatoms. The van der Waals surface area contributed by atoms with Crippen molar-refractivity contribution in [3.05, 3.63) is 72.3 Å². The second kappa shape index (κ2) is 8.93. The summed E-state index contributed by atoms with van der Waals surface area (Å²) in [7, 11) is 0. The molecule has 0 aliphatic carbocycles. The number of H-pyrrole nitrogens is 1. The number of para-hydroxylation sites is 2. The molecule has 3 aromatic carbocycles. The minimum Gasteiger partial charge on any atom is -0.491 e. The van der Waals surface area contributed by atoms with Crippen LogP contribution in [0.1, 0.15) is 5.56 Å². The van der Waals surface area contributed by atoms with Crippen molar-refractivity contribution in [1.29, 1.82) is 0 Å². The van der Waals surface area contributed by atoms with Crippen molar-refractivity contribution in [2.75, 3.05) is 32.9 Å². The van der Waals surface area contributed by atoms with E-state index in [4.69, 9.17) is 14.2 Å². The van der Waals surface area contributed by atoms with E-state index in [2.05, 4.69) is 17.1 Å². The first-order valence-corrected chi connectivity index (χ1v) is 10.9. The number of nitrogens with zero attached hydrogens (tertiary/aromatic N) is 1. The van der Waals surface area contributed by atoms with Gasteiger partial charge in [-0.05, 0) is 36.8 Å². The Morgan fingerprint density at radius 3 is 2.66 bits per heavy atom. The SMILES string of the molecule is Cc1ccccc1OCC1CN(CCOc2cccc3[nH]c4ccccc4c23)C(=O)CO1. The maximum atomic E-state index is 12.4. The maximum Gasteiger partial charge on any atom is 0.248 e. The van der Waals surface area contributed by atoms with Crippen molar-refractivity contribution in [2.45, 2.75) is 13.0 Å². The van der Waals surface area contributed by atoms with Gasteiger partial charge in [0.1, 0.15) is 37.4 Å². The number of aromatic nitrogens is 1. The number of carbonyl (C=O) groups excluding carboxylic acids is 1. The van der Waals surface area contributed by atoms with E-state index in [0.717, 1.165) is 38.9 Å². The first kappa shape index (κ1) is 20.4. The van der Waals surface area contributed by atoms with Gasteiger partial charge < -0.3 is 24.1 Å². The van der Waals surface area contributed by atoms with Crippen LogP contribution < -0.4 is 9.47 Å². The van der Waals surface area contributed by atoms with E-state index >= 15 is 0 Å². The second-order valence-electron chi connectivity index (χ2n) is 8.05. The summed E-state index contributed by atoms with van der Waals surface area (Å²) in [6.45, 7) is 3.89. The fourth-order valence-electron chi connectivity index (χ4n) is 4.15. The van der Waals surface area contributed by atoms with Crippen molar-refractivity contribution in [2.24, 2.45) is 0 Å². The number of nitrogens with one attached hydrogen (secondary N) is 1. The first-order chi connectivity index (χ1) is 15.7. The molecule has 1 aliphatic heterocycles. The van der Waals surface area contributed by atoms with Crippen LogP contribution in [0.2, 0.25) is 0 Å². The zero-order chi connectivity index (χ0) is 21.9. The van der Waals surface area contributed by atoms with Crippen LogP contribution in [0.5, 0.6) is 11.5 Å². The molecule has 164 valence electrons. The van der Waals surface area contributed by atoms with E-state index in [-0.39, 0.29) is 18.6 Å². The number of morpholine rings is 1. The van der Waals surface area contributed by atoms with Crippen LogP contribution in [0, 0.1) is 6.92 Å². The normalized spacial score (nSPS) is 16.6. The molecular formula is C26H26N2O4. The highest BCUT2D eigenvalue weighted by Gasteiger charge is 2.27. The quantitative estimate of drug-likeness (QED) is 0.474. The lowest BCUT2D eigenvalue weighted by Gasteiger charge is -2.32. The van der Waals surface area contributed by atoms with Crippen LogP contribution in [0.25, 0.3) is 21.8 Å². The van der Waals surface area contributed by atoms with Gasteiger partial charge in [-0.3, -0.25) is 4.79 Å². The topological polar surface area (TPSA) is 63.8 Å². The number of carbonyl (C=O) groups is 1. The number of benzene rings is 3. The number of aromatic amines is 1. The van der Waals surface area contributed by atoms with E-state index in [1.54, 1.807) is 4.90 Å². The van der Waals surface area contributed by atoms with Gasteiger partial charge in [0.05, 0.1) is 18.6 Å². The lowest BCUT2D eigenvalue weighted by Crippen LogP contribution is -2.49. The van der Waals surface area contributed by atoms with Crippen molar-refractivity contribution in [3.63, 3.8) is 0 Å². The summed E-state index contributed by atoms with van der Waals surface area (Å²) < 4.78 is 17.7. The third-order valence-corrected chi connectivity index (χ3v) is 5.85. The van der Waals surface area contributed by atoms with E-state index in [1.165, 1.54) is 0 Å². The van der Waals surface area contributed by atoms with Gasteiger partial charge in [-0.15, -0.1) is 0 Å². The zero-order valence-electron chi connectivity index (χ0n) is 18.0. The third-order valence-electron chi connectivity index (χ3n) is 5.85. The number of hydrogen-bond acceptors (Lipinski definition) is 4. The van der Waals surface area contributed by atoms with Gasteiger partial charge in [0.2, 0.25) is 5.91 Å². The number of ether oxygens (including phenoxy) is 3. The Balaban J connectivity index is 1.21. The average molecular weight is 431 g/mol. The zero-order valence-corrected chi connectivity index (χ0v) is 18.0. The minimum atomic E-state index is -0.163. The highest BCUT2D eigenvalue weighted by atomic mass is 16.5. The Morgan fingerprint density at radius 1 is 0.969 bits per heavy atom. The summed E-state index contributed by atoms with van der Waals surface area (Å²) in [5.74, 6) is 1.64.